The van der Waals surface area contributed by atoms with E-state index in [0.717, 1.165) is 0 Å². The van der Waals surface area contributed by atoms with E-state index in [2.05, 4.69) is 0 Å². The van der Waals surface area contributed by atoms with Crippen LogP contribution in [0.1, 0.15) is 38.0 Å². The van der Waals surface area contributed by atoms with E-state index < -0.39 is 12.1 Å². The number of amides is 1. The second-order valence-electron chi connectivity index (χ2n) is 6.66. The van der Waals surface area contributed by atoms with Crippen LogP contribution in [0.3, 0.4) is 0 Å². The highest BCUT2D eigenvalue weighted by Crippen LogP contribution is 2.19. The Kier molecular flexibility index (Phi) is 6.65. The van der Waals surface area contributed by atoms with Crippen LogP contribution in [0.15, 0.2) is 78.9 Å². The zero-order chi connectivity index (χ0) is 21.7. The van der Waals surface area contributed by atoms with Crippen molar-refractivity contribution >= 4 is 34.9 Å². The monoisotopic (exact) mass is 421 g/mol. The summed E-state index contributed by atoms with van der Waals surface area (Å²) in [4.78, 5) is 39.7. The number of nitrogens with zero attached hydrogens (tertiary/aromatic N) is 1. The third kappa shape index (κ3) is 4.75. The Labute approximate surface area is 179 Å². The second kappa shape index (κ2) is 9.37. The molecule has 30 heavy (non-hydrogen) atoms. The Hall–Kier alpha value is -3.44. The molecule has 0 spiro atoms. The summed E-state index contributed by atoms with van der Waals surface area (Å²) in [5.74, 6) is -1.45. The summed E-state index contributed by atoms with van der Waals surface area (Å²) in [6.07, 6.45) is -1.02. The fraction of sp³-hybridized carbons (Fsp3) is 0.125. The molecule has 3 aromatic rings. The highest BCUT2D eigenvalue weighted by Gasteiger charge is 2.25. The lowest BCUT2D eigenvalue weighted by molar-refractivity contribution is 0.0317. The number of halogens is 1. The lowest BCUT2D eigenvalue weighted by Gasteiger charge is -2.19. The Morgan fingerprint density at radius 3 is 2.03 bits per heavy atom. The summed E-state index contributed by atoms with van der Waals surface area (Å²) >= 11 is 5.84. The van der Waals surface area contributed by atoms with Crippen molar-refractivity contribution in [1.82, 2.24) is 0 Å². The van der Waals surface area contributed by atoms with Gasteiger partial charge in [0.25, 0.3) is 5.91 Å². The number of carbonyl (C=O) groups excluding carboxylic acids is 3. The zero-order valence-corrected chi connectivity index (χ0v) is 17.3. The number of rotatable bonds is 6. The van der Waals surface area contributed by atoms with Gasteiger partial charge in [0, 0.05) is 23.3 Å². The van der Waals surface area contributed by atoms with Gasteiger partial charge in [-0.25, -0.2) is 4.79 Å². The standard InChI is InChI=1S/C24H20ClNO4/c1-16(22(27)17-12-14-18(25)15-13-17)30-24(29)21-11-7-6-10-20(21)23(28)26(2)19-8-4-3-5-9-19/h3-16H,1-2H3. The molecule has 6 heteroatoms. The van der Waals surface area contributed by atoms with Gasteiger partial charge >= 0.3 is 5.97 Å². The molecule has 3 aromatic carbocycles. The van der Waals surface area contributed by atoms with Crippen LogP contribution < -0.4 is 4.90 Å². The minimum atomic E-state index is -1.02. The van der Waals surface area contributed by atoms with E-state index in [1.165, 1.54) is 17.9 Å². The number of esters is 1. The zero-order valence-electron chi connectivity index (χ0n) is 16.5. The highest BCUT2D eigenvalue weighted by atomic mass is 35.5. The van der Waals surface area contributed by atoms with E-state index in [9.17, 15) is 14.4 Å². The normalized spacial score (nSPS) is 11.4. The molecule has 0 heterocycles. The van der Waals surface area contributed by atoms with Gasteiger partial charge in [0.1, 0.15) is 0 Å². The number of para-hydroxylation sites is 1. The first-order chi connectivity index (χ1) is 14.4. The molecule has 3 rings (SSSR count). The summed E-state index contributed by atoms with van der Waals surface area (Å²) < 4.78 is 5.37. The Morgan fingerprint density at radius 2 is 1.40 bits per heavy atom. The first-order valence-electron chi connectivity index (χ1n) is 9.31. The predicted molar refractivity (Wildman–Crippen MR) is 116 cm³/mol. The van der Waals surface area contributed by atoms with Crippen molar-refractivity contribution < 1.29 is 19.1 Å². The predicted octanol–water partition coefficient (Wildman–Crippen LogP) is 5.04. The molecule has 0 bridgehead atoms. The maximum Gasteiger partial charge on any atom is 0.339 e. The van der Waals surface area contributed by atoms with Crippen LogP contribution in [0, 0.1) is 0 Å². The maximum atomic E-state index is 13.0. The molecule has 1 unspecified atom stereocenters. The number of ketones is 1. The topological polar surface area (TPSA) is 63.7 Å². The van der Waals surface area contributed by atoms with Crippen LogP contribution >= 0.6 is 11.6 Å². The first kappa shape index (κ1) is 21.3. The number of ether oxygens (including phenoxy) is 1. The molecule has 0 fully saturated rings. The third-order valence-corrected chi connectivity index (χ3v) is 4.86. The number of benzene rings is 3. The second-order valence-corrected chi connectivity index (χ2v) is 7.10. The van der Waals surface area contributed by atoms with Gasteiger partial charge in [0.05, 0.1) is 11.1 Å². The minimum absolute atomic E-state index is 0.0982. The van der Waals surface area contributed by atoms with E-state index in [-0.39, 0.29) is 22.8 Å². The van der Waals surface area contributed by atoms with Gasteiger partial charge in [-0.1, -0.05) is 41.9 Å². The molecule has 0 saturated heterocycles. The van der Waals surface area contributed by atoms with Crippen molar-refractivity contribution in [1.29, 1.82) is 0 Å². The SMILES string of the molecule is CC(OC(=O)c1ccccc1C(=O)N(C)c1ccccc1)C(=O)c1ccc(Cl)cc1. The molecule has 1 amide bonds. The third-order valence-electron chi connectivity index (χ3n) is 4.61. The molecular weight excluding hydrogens is 402 g/mol. The van der Waals surface area contributed by atoms with E-state index in [0.29, 0.717) is 16.3 Å². The Balaban J connectivity index is 1.79. The van der Waals surface area contributed by atoms with Gasteiger partial charge in [-0.3, -0.25) is 9.59 Å². The van der Waals surface area contributed by atoms with Gasteiger partial charge in [-0.15, -0.1) is 0 Å². The van der Waals surface area contributed by atoms with Crippen LogP contribution in [0.2, 0.25) is 5.02 Å². The summed E-state index contributed by atoms with van der Waals surface area (Å²) in [6, 6.07) is 21.8. The van der Waals surface area contributed by atoms with Crippen molar-refractivity contribution in [2.24, 2.45) is 0 Å². The molecule has 0 aromatic heterocycles. The summed E-state index contributed by atoms with van der Waals surface area (Å²) in [5, 5.41) is 0.506. The quantitative estimate of drug-likeness (QED) is 0.413. The average molecular weight is 422 g/mol. The average Bonchev–Trinajstić information content (AvgIpc) is 2.78. The number of hydrogen-bond acceptors (Lipinski definition) is 4. The molecule has 0 N–H and O–H groups in total. The summed E-state index contributed by atoms with van der Waals surface area (Å²) in [5.41, 5.74) is 1.37. The van der Waals surface area contributed by atoms with Crippen LogP contribution in [0.4, 0.5) is 5.69 Å². The molecule has 1 atom stereocenters. The van der Waals surface area contributed by atoms with Crippen LogP contribution in [0.5, 0.6) is 0 Å². The lowest BCUT2D eigenvalue weighted by atomic mass is 10.1. The molecule has 152 valence electrons. The smallest absolute Gasteiger partial charge is 0.339 e. The summed E-state index contributed by atoms with van der Waals surface area (Å²) in [6.45, 7) is 1.50. The minimum Gasteiger partial charge on any atom is -0.451 e. The highest BCUT2D eigenvalue weighted by molar-refractivity contribution is 6.30. The van der Waals surface area contributed by atoms with Crippen LogP contribution in [0.25, 0.3) is 0 Å². The first-order valence-corrected chi connectivity index (χ1v) is 9.69. The summed E-state index contributed by atoms with van der Waals surface area (Å²) in [7, 11) is 1.63. The van der Waals surface area contributed by atoms with Gasteiger partial charge in [-0.2, -0.15) is 0 Å². The van der Waals surface area contributed by atoms with Gasteiger partial charge in [0.15, 0.2) is 6.10 Å². The van der Waals surface area contributed by atoms with E-state index in [4.69, 9.17) is 16.3 Å². The van der Waals surface area contributed by atoms with Crippen molar-refractivity contribution in [3.8, 4) is 0 Å². The van der Waals surface area contributed by atoms with E-state index in [1.807, 2.05) is 18.2 Å². The molecule has 0 saturated carbocycles. The van der Waals surface area contributed by atoms with Gasteiger partial charge < -0.3 is 9.64 Å². The largest absolute Gasteiger partial charge is 0.451 e. The van der Waals surface area contributed by atoms with Crippen molar-refractivity contribution in [3.63, 3.8) is 0 Å². The van der Waals surface area contributed by atoms with E-state index >= 15 is 0 Å². The van der Waals surface area contributed by atoms with Gasteiger partial charge in [-0.05, 0) is 55.5 Å². The molecule has 0 aliphatic carbocycles. The number of carbonyl (C=O) groups is 3. The Bertz CT molecular complexity index is 1060. The molecular formula is C24H20ClNO4. The van der Waals surface area contributed by atoms with Crippen LogP contribution in [-0.2, 0) is 4.74 Å². The fourth-order valence-electron chi connectivity index (χ4n) is 2.92. The van der Waals surface area contributed by atoms with Gasteiger partial charge in [0.2, 0.25) is 5.78 Å². The number of Topliss-reactive ketones (excluding diaryl/α,β-unsaturated/α-hetero) is 1. The fourth-order valence-corrected chi connectivity index (χ4v) is 3.05. The molecule has 0 aliphatic rings. The lowest BCUT2D eigenvalue weighted by Crippen LogP contribution is -2.29. The van der Waals surface area contributed by atoms with Crippen LogP contribution in [-0.4, -0.2) is 30.8 Å². The van der Waals surface area contributed by atoms with Crippen molar-refractivity contribution in [2.45, 2.75) is 13.0 Å². The number of hydrogen-bond donors (Lipinski definition) is 0. The molecule has 0 radical (unpaired) electrons. The molecule has 5 nitrogen and oxygen atoms in total. The van der Waals surface area contributed by atoms with Crippen molar-refractivity contribution in [2.75, 3.05) is 11.9 Å². The van der Waals surface area contributed by atoms with Crippen molar-refractivity contribution in [3.05, 3.63) is 101 Å². The van der Waals surface area contributed by atoms with E-state index in [1.54, 1.807) is 61.6 Å². The number of anilines is 1. The Morgan fingerprint density at radius 1 is 0.833 bits per heavy atom. The maximum absolute atomic E-state index is 13.0. The molecule has 0 aliphatic heterocycles.